The van der Waals surface area contributed by atoms with Crippen LogP contribution >= 0.6 is 11.8 Å². The van der Waals surface area contributed by atoms with E-state index in [-0.39, 0.29) is 0 Å². The number of rotatable bonds is 10. The van der Waals surface area contributed by atoms with Gasteiger partial charge in [0.05, 0.1) is 6.61 Å². The van der Waals surface area contributed by atoms with Gasteiger partial charge >= 0.3 is 6.01 Å². The summed E-state index contributed by atoms with van der Waals surface area (Å²) in [6, 6.07) is 0.423. The molecule has 0 saturated heterocycles. The van der Waals surface area contributed by atoms with Crippen molar-refractivity contribution >= 4 is 17.7 Å². The van der Waals surface area contributed by atoms with Gasteiger partial charge < -0.3 is 10.1 Å². The van der Waals surface area contributed by atoms with Crippen LogP contribution in [0.15, 0.2) is 5.16 Å². The Morgan fingerprint density at radius 3 is 2.60 bits per heavy atom. The van der Waals surface area contributed by atoms with Gasteiger partial charge in [-0.1, -0.05) is 45.9 Å². The molecular weight excluding hydrogens is 272 g/mol. The summed E-state index contributed by atoms with van der Waals surface area (Å²) in [6.07, 6.45) is 3.14. The van der Waals surface area contributed by atoms with Crippen molar-refractivity contribution in [2.45, 2.75) is 52.1 Å². The van der Waals surface area contributed by atoms with E-state index >= 15 is 0 Å². The lowest BCUT2D eigenvalue weighted by Gasteiger charge is -2.10. The molecule has 0 spiro atoms. The number of hydrogen-bond donors (Lipinski definition) is 1. The maximum absolute atomic E-state index is 5.53. The van der Waals surface area contributed by atoms with Gasteiger partial charge in [0, 0.05) is 12.3 Å². The second-order valence-corrected chi connectivity index (χ2v) is 5.81. The van der Waals surface area contributed by atoms with Crippen molar-refractivity contribution < 1.29 is 4.74 Å². The molecule has 1 unspecified atom stereocenters. The monoisotopic (exact) mass is 298 g/mol. The topological polar surface area (TPSA) is 59.9 Å². The highest BCUT2D eigenvalue weighted by molar-refractivity contribution is 7.99. The minimum absolute atomic E-state index is 0.423. The standard InChI is InChI=1S/C14H26N4OS/c1-5-8-15-12-16-13(19-9-6-2)18-14(17-12)20-10-11(4)7-3/h11H,5-10H2,1-4H3,(H,15,16,17,18). The fraction of sp³-hybridized carbons (Fsp3) is 0.786. The molecule has 0 saturated carbocycles. The number of aromatic nitrogens is 3. The van der Waals surface area contributed by atoms with Gasteiger partial charge in [-0.25, -0.2) is 0 Å². The lowest BCUT2D eigenvalue weighted by Crippen LogP contribution is -2.09. The molecule has 1 rings (SSSR count). The fourth-order valence-corrected chi connectivity index (χ4v) is 2.27. The van der Waals surface area contributed by atoms with Crippen LogP contribution in [-0.2, 0) is 0 Å². The number of nitrogens with one attached hydrogen (secondary N) is 1. The van der Waals surface area contributed by atoms with Gasteiger partial charge in [-0.2, -0.15) is 15.0 Å². The second-order valence-electron chi connectivity index (χ2n) is 4.82. The molecule has 0 aliphatic rings. The molecule has 1 aromatic rings. The van der Waals surface area contributed by atoms with Crippen LogP contribution in [0.2, 0.25) is 0 Å². The minimum Gasteiger partial charge on any atom is -0.463 e. The lowest BCUT2D eigenvalue weighted by molar-refractivity contribution is 0.288. The van der Waals surface area contributed by atoms with E-state index in [4.69, 9.17) is 4.74 Å². The van der Waals surface area contributed by atoms with Crippen molar-refractivity contribution in [1.29, 1.82) is 0 Å². The molecule has 6 heteroatoms. The van der Waals surface area contributed by atoms with Crippen molar-refractivity contribution in [3.05, 3.63) is 0 Å². The molecule has 1 N–H and O–H groups in total. The molecule has 0 aliphatic carbocycles. The van der Waals surface area contributed by atoms with Gasteiger partial charge in [0.2, 0.25) is 5.95 Å². The van der Waals surface area contributed by atoms with Crippen LogP contribution in [0.3, 0.4) is 0 Å². The van der Waals surface area contributed by atoms with Crippen molar-refractivity contribution in [3.8, 4) is 6.01 Å². The average Bonchev–Trinajstić information content (AvgIpc) is 2.48. The molecule has 0 aromatic carbocycles. The average molecular weight is 298 g/mol. The predicted octanol–water partition coefficient (Wildman–Crippen LogP) is 3.62. The highest BCUT2D eigenvalue weighted by atomic mass is 32.2. The number of anilines is 1. The molecule has 0 aliphatic heterocycles. The summed E-state index contributed by atoms with van der Waals surface area (Å²) in [5, 5.41) is 3.94. The van der Waals surface area contributed by atoms with E-state index in [1.165, 1.54) is 0 Å². The van der Waals surface area contributed by atoms with Crippen LogP contribution in [-0.4, -0.2) is 33.9 Å². The Bertz CT molecular complexity index is 363. The van der Waals surface area contributed by atoms with Crippen LogP contribution in [0.4, 0.5) is 5.95 Å². The minimum atomic E-state index is 0.423. The molecule has 1 heterocycles. The van der Waals surface area contributed by atoms with E-state index in [9.17, 15) is 0 Å². The Balaban J connectivity index is 2.73. The number of hydrogen-bond acceptors (Lipinski definition) is 6. The first-order chi connectivity index (χ1) is 9.69. The third-order valence-corrected chi connectivity index (χ3v) is 3.93. The first-order valence-corrected chi connectivity index (χ1v) is 8.43. The normalized spacial score (nSPS) is 12.2. The molecular formula is C14H26N4OS. The number of ether oxygens (including phenoxy) is 1. The van der Waals surface area contributed by atoms with Crippen LogP contribution in [0, 0.1) is 5.92 Å². The number of thioether (sulfide) groups is 1. The molecule has 114 valence electrons. The van der Waals surface area contributed by atoms with Crippen LogP contribution in [0.25, 0.3) is 0 Å². The molecule has 5 nitrogen and oxygen atoms in total. The van der Waals surface area contributed by atoms with E-state index in [0.29, 0.717) is 24.5 Å². The molecule has 0 amide bonds. The van der Waals surface area contributed by atoms with Crippen molar-refractivity contribution in [2.24, 2.45) is 5.92 Å². The van der Waals surface area contributed by atoms with Crippen LogP contribution in [0.1, 0.15) is 47.0 Å². The second kappa shape index (κ2) is 9.80. The van der Waals surface area contributed by atoms with Gasteiger partial charge in [0.1, 0.15) is 0 Å². The van der Waals surface area contributed by atoms with Crippen molar-refractivity contribution in [1.82, 2.24) is 15.0 Å². The van der Waals surface area contributed by atoms with Crippen LogP contribution in [0.5, 0.6) is 6.01 Å². The summed E-state index contributed by atoms with van der Waals surface area (Å²) in [5.41, 5.74) is 0. The van der Waals surface area contributed by atoms with E-state index in [1.807, 2.05) is 0 Å². The smallest absolute Gasteiger partial charge is 0.322 e. The zero-order valence-electron chi connectivity index (χ0n) is 13.0. The maximum atomic E-state index is 5.53. The maximum Gasteiger partial charge on any atom is 0.322 e. The summed E-state index contributed by atoms with van der Waals surface area (Å²) in [6.45, 7) is 10.1. The molecule has 0 bridgehead atoms. The van der Waals surface area contributed by atoms with Crippen molar-refractivity contribution in [3.63, 3.8) is 0 Å². The summed E-state index contributed by atoms with van der Waals surface area (Å²) >= 11 is 1.67. The first-order valence-electron chi connectivity index (χ1n) is 7.45. The van der Waals surface area contributed by atoms with Gasteiger partial charge in [0.25, 0.3) is 0 Å². The Morgan fingerprint density at radius 2 is 1.95 bits per heavy atom. The third-order valence-electron chi connectivity index (χ3n) is 2.76. The van der Waals surface area contributed by atoms with E-state index in [1.54, 1.807) is 11.8 Å². The highest BCUT2D eigenvalue weighted by Gasteiger charge is 2.09. The molecule has 1 aromatic heterocycles. The van der Waals surface area contributed by atoms with Crippen LogP contribution < -0.4 is 10.1 Å². The highest BCUT2D eigenvalue weighted by Crippen LogP contribution is 2.21. The van der Waals surface area contributed by atoms with E-state index < -0.39 is 0 Å². The Labute approximate surface area is 126 Å². The van der Waals surface area contributed by atoms with Gasteiger partial charge in [-0.15, -0.1) is 0 Å². The summed E-state index contributed by atoms with van der Waals surface area (Å²) < 4.78 is 5.53. The molecule has 1 atom stereocenters. The largest absolute Gasteiger partial charge is 0.463 e. The lowest BCUT2D eigenvalue weighted by atomic mass is 10.2. The number of nitrogens with zero attached hydrogens (tertiary/aromatic N) is 3. The van der Waals surface area contributed by atoms with Gasteiger partial charge in [-0.3, -0.25) is 0 Å². The Hall–Kier alpha value is -1.04. The summed E-state index contributed by atoms with van der Waals surface area (Å²) in [7, 11) is 0. The predicted molar refractivity (Wildman–Crippen MR) is 84.6 cm³/mol. The zero-order valence-corrected chi connectivity index (χ0v) is 13.8. The quantitative estimate of drug-likeness (QED) is 0.666. The third kappa shape index (κ3) is 6.41. The van der Waals surface area contributed by atoms with E-state index in [0.717, 1.165) is 36.7 Å². The summed E-state index contributed by atoms with van der Waals surface area (Å²) in [5.74, 6) is 2.28. The summed E-state index contributed by atoms with van der Waals surface area (Å²) in [4.78, 5) is 13.1. The first kappa shape index (κ1) is 17.0. The fourth-order valence-electron chi connectivity index (χ4n) is 1.31. The zero-order chi connectivity index (χ0) is 14.8. The molecule has 0 radical (unpaired) electrons. The van der Waals surface area contributed by atoms with Crippen molar-refractivity contribution in [2.75, 3.05) is 24.2 Å². The molecule has 0 fully saturated rings. The Morgan fingerprint density at radius 1 is 1.15 bits per heavy atom. The van der Waals surface area contributed by atoms with Gasteiger partial charge in [0.15, 0.2) is 5.16 Å². The van der Waals surface area contributed by atoms with E-state index in [2.05, 4.69) is 48.0 Å². The SMILES string of the molecule is CCCNc1nc(OCCC)nc(SCC(C)CC)n1. The van der Waals surface area contributed by atoms with Gasteiger partial charge in [-0.05, 0) is 18.8 Å². The Kier molecular flexibility index (Phi) is 8.34. The molecule has 20 heavy (non-hydrogen) atoms.